The molecule has 2 rings (SSSR count). The van der Waals surface area contributed by atoms with E-state index >= 15 is 0 Å². The van der Waals surface area contributed by atoms with E-state index in [-0.39, 0.29) is 11.4 Å². The van der Waals surface area contributed by atoms with Crippen molar-refractivity contribution in [3.63, 3.8) is 0 Å². The van der Waals surface area contributed by atoms with Gasteiger partial charge in [0.25, 0.3) is 5.69 Å². The second-order valence-corrected chi connectivity index (χ2v) is 4.76. The molecule has 0 saturated carbocycles. The van der Waals surface area contributed by atoms with E-state index in [4.69, 9.17) is 11.6 Å². The standard InChI is InChI=1S/C14H13ClN2O3/c1-9-7-10(5-6-13(9)17(19)20)16-8-11-12(15)3-2-4-14(11)18/h2-7,16,18H,8H2,1H3. The molecular weight excluding hydrogens is 280 g/mol. The molecule has 0 unspecified atom stereocenters. The Hall–Kier alpha value is -2.27. The Kier molecular flexibility index (Phi) is 4.10. The summed E-state index contributed by atoms with van der Waals surface area (Å²) >= 11 is 6.00. The third kappa shape index (κ3) is 3.00. The zero-order valence-corrected chi connectivity index (χ0v) is 11.5. The lowest BCUT2D eigenvalue weighted by molar-refractivity contribution is -0.385. The molecule has 0 spiro atoms. The first-order chi connectivity index (χ1) is 9.49. The van der Waals surface area contributed by atoms with Crippen molar-refractivity contribution in [2.45, 2.75) is 13.5 Å². The zero-order chi connectivity index (χ0) is 14.7. The topological polar surface area (TPSA) is 75.4 Å². The molecule has 6 heteroatoms. The first-order valence-corrected chi connectivity index (χ1v) is 6.32. The molecule has 0 aliphatic heterocycles. The molecule has 2 N–H and O–H groups in total. The summed E-state index contributed by atoms with van der Waals surface area (Å²) in [5.41, 5.74) is 1.97. The summed E-state index contributed by atoms with van der Waals surface area (Å²) in [5.74, 6) is 0.114. The van der Waals surface area contributed by atoms with E-state index in [1.54, 1.807) is 37.3 Å². The Labute approximate surface area is 121 Å². The highest BCUT2D eigenvalue weighted by molar-refractivity contribution is 6.31. The fraction of sp³-hybridized carbons (Fsp3) is 0.143. The number of hydrogen-bond donors (Lipinski definition) is 2. The van der Waals surface area contributed by atoms with Crippen LogP contribution in [-0.2, 0) is 6.54 Å². The summed E-state index contributed by atoms with van der Waals surface area (Å²) < 4.78 is 0. The number of benzene rings is 2. The van der Waals surface area contributed by atoms with Crippen molar-refractivity contribution in [2.24, 2.45) is 0 Å². The van der Waals surface area contributed by atoms with Crippen molar-refractivity contribution in [3.05, 3.63) is 62.7 Å². The van der Waals surface area contributed by atoms with Gasteiger partial charge in [0.15, 0.2) is 0 Å². The Bertz CT molecular complexity index is 639. The molecule has 5 nitrogen and oxygen atoms in total. The molecule has 2 aromatic carbocycles. The van der Waals surface area contributed by atoms with Crippen molar-refractivity contribution >= 4 is 23.0 Å². The monoisotopic (exact) mass is 292 g/mol. The van der Waals surface area contributed by atoms with Crippen LogP contribution in [0.2, 0.25) is 5.02 Å². The number of aromatic hydroxyl groups is 1. The van der Waals surface area contributed by atoms with Gasteiger partial charge in [-0.05, 0) is 31.2 Å². The highest BCUT2D eigenvalue weighted by atomic mass is 35.5. The number of anilines is 1. The molecule has 0 radical (unpaired) electrons. The van der Waals surface area contributed by atoms with Gasteiger partial charge in [-0.25, -0.2) is 0 Å². The average molecular weight is 293 g/mol. The predicted octanol–water partition coefficient (Wildman–Crippen LogP) is 3.87. The highest BCUT2D eigenvalue weighted by Gasteiger charge is 2.11. The van der Waals surface area contributed by atoms with Gasteiger partial charge in [-0.15, -0.1) is 0 Å². The van der Waals surface area contributed by atoms with Crippen LogP contribution in [0.4, 0.5) is 11.4 Å². The number of halogens is 1. The highest BCUT2D eigenvalue weighted by Crippen LogP contribution is 2.27. The van der Waals surface area contributed by atoms with Crippen LogP contribution in [-0.4, -0.2) is 10.0 Å². The van der Waals surface area contributed by atoms with Crippen LogP contribution in [0.3, 0.4) is 0 Å². The van der Waals surface area contributed by atoms with Crippen molar-refractivity contribution in [1.29, 1.82) is 0 Å². The molecular formula is C14H13ClN2O3. The summed E-state index contributed by atoms with van der Waals surface area (Å²) in [6.45, 7) is 2.01. The van der Waals surface area contributed by atoms with Gasteiger partial charge in [0.1, 0.15) is 5.75 Å². The van der Waals surface area contributed by atoms with Gasteiger partial charge in [0.05, 0.1) is 4.92 Å². The van der Waals surface area contributed by atoms with Crippen LogP contribution < -0.4 is 5.32 Å². The maximum absolute atomic E-state index is 10.7. The molecule has 0 fully saturated rings. The van der Waals surface area contributed by atoms with Gasteiger partial charge in [-0.1, -0.05) is 17.7 Å². The molecule has 0 aliphatic rings. The summed E-state index contributed by atoms with van der Waals surface area (Å²) in [4.78, 5) is 10.3. The molecule has 0 atom stereocenters. The Morgan fingerprint density at radius 2 is 2.10 bits per heavy atom. The van der Waals surface area contributed by atoms with E-state index in [0.717, 1.165) is 5.69 Å². The third-order valence-corrected chi connectivity index (χ3v) is 3.31. The summed E-state index contributed by atoms with van der Waals surface area (Å²) in [5, 5.41) is 24.0. The molecule has 0 bridgehead atoms. The van der Waals surface area contributed by atoms with Crippen molar-refractivity contribution in [3.8, 4) is 5.75 Å². The van der Waals surface area contributed by atoms with E-state index < -0.39 is 4.92 Å². The maximum atomic E-state index is 10.7. The minimum Gasteiger partial charge on any atom is -0.508 e. The Morgan fingerprint density at radius 1 is 1.35 bits per heavy atom. The SMILES string of the molecule is Cc1cc(NCc2c(O)cccc2Cl)ccc1[N+](=O)[O-]. The lowest BCUT2D eigenvalue weighted by Gasteiger charge is -2.10. The fourth-order valence-corrected chi connectivity index (χ4v) is 2.12. The van der Waals surface area contributed by atoms with Crippen LogP contribution in [0.25, 0.3) is 0 Å². The fourth-order valence-electron chi connectivity index (χ4n) is 1.88. The van der Waals surface area contributed by atoms with E-state index in [2.05, 4.69) is 5.32 Å². The van der Waals surface area contributed by atoms with Crippen molar-refractivity contribution in [2.75, 3.05) is 5.32 Å². The molecule has 20 heavy (non-hydrogen) atoms. The number of hydrogen-bond acceptors (Lipinski definition) is 4. The van der Waals surface area contributed by atoms with E-state index in [1.807, 2.05) is 0 Å². The number of phenolic OH excluding ortho intramolecular Hbond substituents is 1. The first-order valence-electron chi connectivity index (χ1n) is 5.94. The van der Waals surface area contributed by atoms with Gasteiger partial charge in [0.2, 0.25) is 0 Å². The second-order valence-electron chi connectivity index (χ2n) is 4.35. The van der Waals surface area contributed by atoms with E-state index in [1.165, 1.54) is 6.07 Å². The Morgan fingerprint density at radius 3 is 2.70 bits per heavy atom. The first kappa shape index (κ1) is 14.1. The number of nitro benzene ring substituents is 1. The van der Waals surface area contributed by atoms with Gasteiger partial charge in [0, 0.05) is 34.4 Å². The number of rotatable bonds is 4. The maximum Gasteiger partial charge on any atom is 0.272 e. The molecule has 0 heterocycles. The largest absolute Gasteiger partial charge is 0.508 e. The van der Waals surface area contributed by atoms with Gasteiger partial charge in [-0.3, -0.25) is 10.1 Å². The molecule has 0 amide bonds. The van der Waals surface area contributed by atoms with Gasteiger partial charge < -0.3 is 10.4 Å². The summed E-state index contributed by atoms with van der Waals surface area (Å²) in [7, 11) is 0. The number of aryl methyl sites for hydroxylation is 1. The minimum absolute atomic E-state index is 0.0798. The average Bonchev–Trinajstić information content (AvgIpc) is 2.37. The van der Waals surface area contributed by atoms with Gasteiger partial charge >= 0.3 is 0 Å². The second kappa shape index (κ2) is 5.79. The van der Waals surface area contributed by atoms with Gasteiger partial charge in [-0.2, -0.15) is 0 Å². The van der Waals surface area contributed by atoms with Crippen molar-refractivity contribution in [1.82, 2.24) is 0 Å². The van der Waals surface area contributed by atoms with Crippen LogP contribution in [0.1, 0.15) is 11.1 Å². The lowest BCUT2D eigenvalue weighted by Crippen LogP contribution is -2.01. The van der Waals surface area contributed by atoms with E-state index in [9.17, 15) is 15.2 Å². The smallest absolute Gasteiger partial charge is 0.272 e. The minimum atomic E-state index is -0.418. The molecule has 0 aliphatic carbocycles. The predicted molar refractivity (Wildman–Crippen MR) is 78.3 cm³/mol. The normalized spacial score (nSPS) is 10.3. The molecule has 0 aromatic heterocycles. The zero-order valence-electron chi connectivity index (χ0n) is 10.8. The van der Waals surface area contributed by atoms with E-state index in [0.29, 0.717) is 22.7 Å². The van der Waals surface area contributed by atoms with Crippen molar-refractivity contribution < 1.29 is 10.0 Å². The molecule has 0 saturated heterocycles. The van der Waals surface area contributed by atoms with Crippen LogP contribution in [0, 0.1) is 17.0 Å². The summed E-state index contributed by atoms with van der Waals surface area (Å²) in [6.07, 6.45) is 0. The quantitative estimate of drug-likeness (QED) is 0.662. The number of nitrogens with one attached hydrogen (secondary N) is 1. The number of nitro groups is 1. The molecule has 104 valence electrons. The lowest BCUT2D eigenvalue weighted by atomic mass is 10.1. The van der Waals surface area contributed by atoms with Crippen LogP contribution in [0.15, 0.2) is 36.4 Å². The molecule has 2 aromatic rings. The summed E-state index contributed by atoms with van der Waals surface area (Å²) in [6, 6.07) is 9.68. The number of nitrogens with zero attached hydrogens (tertiary/aromatic N) is 1. The third-order valence-electron chi connectivity index (χ3n) is 2.96. The Balaban J connectivity index is 2.16. The number of phenols is 1. The van der Waals surface area contributed by atoms with Crippen LogP contribution in [0.5, 0.6) is 5.75 Å². The van der Waals surface area contributed by atoms with Crippen LogP contribution >= 0.6 is 11.6 Å².